The van der Waals surface area contributed by atoms with E-state index in [-0.39, 0.29) is 42.2 Å². The first kappa shape index (κ1) is 31.7. The molecule has 2 N–H and O–H groups in total. The molecule has 7 rings (SSSR count). The molecule has 0 radical (unpaired) electrons. The SMILES string of the molecule is O=C(COc1cccc2c1C(=O)N(C1CCC(=O)NC1=O)C2=O)NCN1CCN(C2CCC(n3ccc(-c4ccccc4)n3)CC2)CC1. The van der Waals surface area contributed by atoms with Crippen LogP contribution in [0.15, 0.2) is 60.8 Å². The van der Waals surface area contributed by atoms with Crippen molar-refractivity contribution >= 4 is 29.5 Å². The molecule has 3 aliphatic heterocycles. The van der Waals surface area contributed by atoms with E-state index in [4.69, 9.17) is 9.84 Å². The predicted octanol–water partition coefficient (Wildman–Crippen LogP) is 2.21. The van der Waals surface area contributed by atoms with Crippen LogP contribution in [0.4, 0.5) is 0 Å². The molecule has 5 amide bonds. The summed E-state index contributed by atoms with van der Waals surface area (Å²) in [6, 6.07) is 16.9. The number of aromatic nitrogens is 2. The molecule has 1 unspecified atom stereocenters. The highest BCUT2D eigenvalue weighted by Crippen LogP contribution is 2.34. The van der Waals surface area contributed by atoms with Crippen molar-refractivity contribution in [3.05, 3.63) is 71.9 Å². The van der Waals surface area contributed by atoms with E-state index >= 15 is 0 Å². The van der Waals surface area contributed by atoms with Crippen molar-refractivity contribution < 1.29 is 28.7 Å². The number of fused-ring (bicyclic) bond motifs is 1. The second-order valence-electron chi connectivity index (χ2n) is 12.8. The van der Waals surface area contributed by atoms with E-state index in [0.717, 1.165) is 68.0 Å². The molecule has 1 aromatic heterocycles. The summed E-state index contributed by atoms with van der Waals surface area (Å²) in [5.74, 6) is -2.66. The van der Waals surface area contributed by atoms with Crippen molar-refractivity contribution in [3.8, 4) is 17.0 Å². The van der Waals surface area contributed by atoms with Crippen LogP contribution in [0, 0.1) is 0 Å². The first-order chi connectivity index (χ1) is 23.4. The number of imide groups is 2. The van der Waals surface area contributed by atoms with Gasteiger partial charge in [-0.3, -0.25) is 48.7 Å². The Balaban J connectivity index is 0.842. The van der Waals surface area contributed by atoms with Gasteiger partial charge < -0.3 is 10.1 Å². The molecule has 250 valence electrons. The molecule has 3 aromatic rings. The number of amides is 5. The smallest absolute Gasteiger partial charge is 0.266 e. The van der Waals surface area contributed by atoms with Gasteiger partial charge >= 0.3 is 0 Å². The number of hydrogen-bond acceptors (Lipinski definition) is 9. The summed E-state index contributed by atoms with van der Waals surface area (Å²) in [5, 5.41) is 9.95. The molecule has 4 aliphatic rings. The zero-order chi connectivity index (χ0) is 33.2. The van der Waals surface area contributed by atoms with E-state index in [1.807, 2.05) is 18.2 Å². The molecule has 4 heterocycles. The number of hydrogen-bond donors (Lipinski definition) is 2. The molecule has 0 spiro atoms. The van der Waals surface area contributed by atoms with Gasteiger partial charge in [-0.25, -0.2) is 0 Å². The molecule has 2 aromatic carbocycles. The van der Waals surface area contributed by atoms with Crippen LogP contribution in [0.25, 0.3) is 11.3 Å². The van der Waals surface area contributed by atoms with Crippen molar-refractivity contribution in [1.29, 1.82) is 0 Å². The third-order valence-electron chi connectivity index (χ3n) is 9.93. The Bertz CT molecular complexity index is 1710. The number of carbonyl (C=O) groups excluding carboxylic acids is 5. The number of carbonyl (C=O) groups is 5. The number of benzene rings is 2. The molecule has 13 heteroatoms. The summed E-state index contributed by atoms with van der Waals surface area (Å²) < 4.78 is 7.85. The molecule has 1 saturated carbocycles. The fraction of sp³-hybridized carbons (Fsp3) is 0.429. The Labute approximate surface area is 278 Å². The molecular formula is C35H39N7O6. The number of piperazine rings is 1. The average Bonchev–Trinajstić information content (AvgIpc) is 3.71. The number of nitrogens with one attached hydrogen (secondary N) is 2. The standard InChI is InChI=1S/C35H39N7O6/c43-30-14-13-28(33(45)37-30)42-34(46)26-7-4-8-29(32(26)35(42)47)48-21-31(44)36-22-39-17-19-40(20-18-39)24-9-11-25(12-10-24)41-16-15-27(38-41)23-5-2-1-3-6-23/h1-8,15-16,24-25,28H,9-14,17-22H2,(H,36,44)(H,37,43,45). The summed E-state index contributed by atoms with van der Waals surface area (Å²) >= 11 is 0. The van der Waals surface area contributed by atoms with Crippen molar-refractivity contribution in [2.24, 2.45) is 0 Å². The Morgan fingerprint density at radius 2 is 1.60 bits per heavy atom. The molecule has 13 nitrogen and oxygen atoms in total. The van der Waals surface area contributed by atoms with Gasteiger partial charge in [0.1, 0.15) is 11.8 Å². The highest BCUT2D eigenvalue weighted by atomic mass is 16.5. The molecule has 48 heavy (non-hydrogen) atoms. The quantitative estimate of drug-likeness (QED) is 0.332. The van der Waals surface area contributed by atoms with Crippen LogP contribution in [0.5, 0.6) is 5.75 Å². The fourth-order valence-electron chi connectivity index (χ4n) is 7.28. The van der Waals surface area contributed by atoms with Gasteiger partial charge in [-0.2, -0.15) is 5.10 Å². The lowest BCUT2D eigenvalue weighted by molar-refractivity contribution is -0.136. The lowest BCUT2D eigenvalue weighted by Gasteiger charge is -2.42. The summed E-state index contributed by atoms with van der Waals surface area (Å²) in [7, 11) is 0. The summed E-state index contributed by atoms with van der Waals surface area (Å²) in [6.07, 6.45) is 6.70. The van der Waals surface area contributed by atoms with E-state index in [1.165, 1.54) is 12.1 Å². The Hall–Kier alpha value is -4.88. The zero-order valence-corrected chi connectivity index (χ0v) is 26.7. The van der Waals surface area contributed by atoms with E-state index < -0.39 is 29.7 Å². The van der Waals surface area contributed by atoms with Crippen LogP contribution in [0.2, 0.25) is 0 Å². The maximum absolute atomic E-state index is 13.2. The van der Waals surface area contributed by atoms with Crippen molar-refractivity contribution in [1.82, 2.24) is 35.1 Å². The minimum absolute atomic E-state index is 0.0201. The van der Waals surface area contributed by atoms with Crippen molar-refractivity contribution in [2.45, 2.75) is 56.7 Å². The Morgan fingerprint density at radius 1 is 0.854 bits per heavy atom. The normalized spacial score (nSPS) is 23.6. The Morgan fingerprint density at radius 3 is 2.35 bits per heavy atom. The van der Waals surface area contributed by atoms with E-state index in [2.05, 4.69) is 49.5 Å². The van der Waals surface area contributed by atoms with Gasteiger partial charge in [-0.05, 0) is 50.3 Å². The molecular weight excluding hydrogens is 614 g/mol. The van der Waals surface area contributed by atoms with Crippen LogP contribution in [0.3, 0.4) is 0 Å². The topological polar surface area (TPSA) is 146 Å². The van der Waals surface area contributed by atoms with Gasteiger partial charge in [-0.15, -0.1) is 0 Å². The van der Waals surface area contributed by atoms with Crippen LogP contribution < -0.4 is 15.4 Å². The first-order valence-corrected chi connectivity index (χ1v) is 16.7. The van der Waals surface area contributed by atoms with Crippen molar-refractivity contribution in [2.75, 3.05) is 39.5 Å². The lowest BCUT2D eigenvalue weighted by Crippen LogP contribution is -2.54. The van der Waals surface area contributed by atoms with Gasteiger partial charge in [0.2, 0.25) is 11.8 Å². The van der Waals surface area contributed by atoms with E-state index in [9.17, 15) is 24.0 Å². The summed E-state index contributed by atoms with van der Waals surface area (Å²) in [6.45, 7) is 3.64. The minimum atomic E-state index is -1.07. The highest BCUT2D eigenvalue weighted by Gasteiger charge is 2.46. The molecule has 2 saturated heterocycles. The number of nitrogens with zero attached hydrogens (tertiary/aromatic N) is 5. The first-order valence-electron chi connectivity index (χ1n) is 16.7. The van der Waals surface area contributed by atoms with Gasteiger partial charge in [0.25, 0.3) is 17.7 Å². The molecule has 1 atom stereocenters. The zero-order valence-electron chi connectivity index (χ0n) is 26.7. The van der Waals surface area contributed by atoms with Crippen molar-refractivity contribution in [3.63, 3.8) is 0 Å². The second-order valence-corrected chi connectivity index (χ2v) is 12.8. The largest absolute Gasteiger partial charge is 0.483 e. The number of rotatable bonds is 9. The monoisotopic (exact) mass is 653 g/mol. The fourth-order valence-corrected chi connectivity index (χ4v) is 7.28. The van der Waals surface area contributed by atoms with Gasteiger partial charge in [0, 0.05) is 50.4 Å². The highest BCUT2D eigenvalue weighted by molar-refractivity contribution is 6.24. The van der Waals surface area contributed by atoms with Crippen LogP contribution in [0.1, 0.15) is 65.3 Å². The predicted molar refractivity (Wildman–Crippen MR) is 174 cm³/mol. The summed E-state index contributed by atoms with van der Waals surface area (Å²) in [4.78, 5) is 68.6. The molecule has 3 fully saturated rings. The van der Waals surface area contributed by atoms with Gasteiger partial charge in [-0.1, -0.05) is 36.4 Å². The minimum Gasteiger partial charge on any atom is -0.483 e. The van der Waals surface area contributed by atoms with Gasteiger partial charge in [0.15, 0.2) is 6.61 Å². The van der Waals surface area contributed by atoms with E-state index in [0.29, 0.717) is 18.8 Å². The van der Waals surface area contributed by atoms with Crippen LogP contribution >= 0.6 is 0 Å². The molecule has 0 bridgehead atoms. The average molecular weight is 654 g/mol. The van der Waals surface area contributed by atoms with E-state index in [1.54, 1.807) is 6.07 Å². The number of piperidine rings is 1. The maximum Gasteiger partial charge on any atom is 0.266 e. The maximum atomic E-state index is 13.2. The van der Waals surface area contributed by atoms with Gasteiger partial charge in [0.05, 0.1) is 29.5 Å². The second kappa shape index (κ2) is 13.7. The van der Waals surface area contributed by atoms with Crippen LogP contribution in [-0.4, -0.2) is 106 Å². The molecule has 1 aliphatic carbocycles. The third kappa shape index (κ3) is 6.47. The summed E-state index contributed by atoms with van der Waals surface area (Å²) in [5.41, 5.74) is 2.28. The lowest BCUT2D eigenvalue weighted by atomic mass is 9.90. The van der Waals surface area contributed by atoms with Crippen LogP contribution in [-0.2, 0) is 14.4 Å². The third-order valence-corrected chi connectivity index (χ3v) is 9.93. The number of ether oxygens (including phenoxy) is 1. The Kier molecular flexibility index (Phi) is 9.04.